The molecule has 1 atom stereocenters. The van der Waals surface area contributed by atoms with E-state index in [1.807, 2.05) is 0 Å². The van der Waals surface area contributed by atoms with Gasteiger partial charge in [0.25, 0.3) is 0 Å². The normalized spacial score (nSPS) is 31.7. The van der Waals surface area contributed by atoms with Crippen LogP contribution in [-0.4, -0.2) is 24.5 Å². The minimum atomic E-state index is 0.474. The van der Waals surface area contributed by atoms with Crippen LogP contribution < -0.4 is 0 Å². The summed E-state index contributed by atoms with van der Waals surface area (Å²) in [6.45, 7) is 8.47. The molecule has 1 fully saturated rings. The lowest BCUT2D eigenvalue weighted by Gasteiger charge is -2.42. The van der Waals surface area contributed by atoms with Crippen molar-refractivity contribution in [2.45, 2.75) is 33.1 Å². The third-order valence-electron chi connectivity index (χ3n) is 3.53. The lowest BCUT2D eigenvalue weighted by molar-refractivity contribution is 0.114. The van der Waals surface area contributed by atoms with E-state index in [2.05, 4.69) is 43.1 Å². The van der Waals surface area contributed by atoms with Gasteiger partial charge in [0.2, 0.25) is 0 Å². The van der Waals surface area contributed by atoms with Crippen LogP contribution in [0.15, 0.2) is 24.3 Å². The van der Waals surface area contributed by atoms with Gasteiger partial charge in [-0.3, -0.25) is 0 Å². The summed E-state index contributed by atoms with van der Waals surface area (Å²) in [5.41, 5.74) is 0.474. The summed E-state index contributed by atoms with van der Waals surface area (Å²) in [5, 5.41) is 0. The molecule has 15 heavy (non-hydrogen) atoms. The van der Waals surface area contributed by atoms with Gasteiger partial charge in [0.15, 0.2) is 0 Å². The van der Waals surface area contributed by atoms with E-state index in [4.69, 9.17) is 0 Å². The third kappa shape index (κ3) is 2.72. The summed E-state index contributed by atoms with van der Waals surface area (Å²) in [6.07, 6.45) is 13.2. The van der Waals surface area contributed by atoms with E-state index in [9.17, 15) is 0 Å². The highest BCUT2D eigenvalue weighted by Crippen LogP contribution is 2.37. The maximum atomic E-state index is 2.65. The standard InChI is InChI=1S/C14H23N/c1-13(2)11-15-10-6-9-14(12-15)7-4-3-5-8-14/h3-5,7,13H,6,8-12H2,1-2H3. The minimum Gasteiger partial charge on any atom is -0.302 e. The van der Waals surface area contributed by atoms with Crippen molar-refractivity contribution in [3.8, 4) is 0 Å². The highest BCUT2D eigenvalue weighted by atomic mass is 15.1. The molecule has 1 unspecified atom stereocenters. The lowest BCUT2D eigenvalue weighted by atomic mass is 9.75. The first kappa shape index (κ1) is 10.9. The average molecular weight is 205 g/mol. The van der Waals surface area contributed by atoms with Crippen LogP contribution in [-0.2, 0) is 0 Å². The van der Waals surface area contributed by atoms with Crippen molar-refractivity contribution in [2.75, 3.05) is 19.6 Å². The summed E-state index contributed by atoms with van der Waals surface area (Å²) >= 11 is 0. The van der Waals surface area contributed by atoms with Crippen LogP contribution in [0.3, 0.4) is 0 Å². The Morgan fingerprint density at radius 2 is 2.20 bits per heavy atom. The van der Waals surface area contributed by atoms with Crippen molar-refractivity contribution < 1.29 is 0 Å². The molecule has 1 spiro atoms. The van der Waals surface area contributed by atoms with Gasteiger partial charge in [-0.05, 0) is 31.7 Å². The molecule has 2 rings (SSSR count). The number of nitrogens with zero attached hydrogens (tertiary/aromatic N) is 1. The highest BCUT2D eigenvalue weighted by molar-refractivity contribution is 5.18. The van der Waals surface area contributed by atoms with Crippen molar-refractivity contribution in [2.24, 2.45) is 11.3 Å². The van der Waals surface area contributed by atoms with E-state index in [0.29, 0.717) is 5.41 Å². The maximum Gasteiger partial charge on any atom is 0.00759 e. The first-order chi connectivity index (χ1) is 7.20. The molecule has 0 aromatic heterocycles. The van der Waals surface area contributed by atoms with Gasteiger partial charge >= 0.3 is 0 Å². The summed E-state index contributed by atoms with van der Waals surface area (Å²) in [7, 11) is 0. The number of likely N-dealkylation sites (tertiary alicyclic amines) is 1. The van der Waals surface area contributed by atoms with Crippen molar-refractivity contribution in [3.63, 3.8) is 0 Å². The molecule has 1 heteroatoms. The zero-order chi connectivity index (χ0) is 10.7. The molecular weight excluding hydrogens is 182 g/mol. The third-order valence-corrected chi connectivity index (χ3v) is 3.53. The van der Waals surface area contributed by atoms with Crippen LogP contribution in [0.1, 0.15) is 33.1 Å². The Morgan fingerprint density at radius 3 is 2.87 bits per heavy atom. The number of allylic oxidation sites excluding steroid dienone is 3. The van der Waals surface area contributed by atoms with Crippen LogP contribution in [0.2, 0.25) is 0 Å². The van der Waals surface area contributed by atoms with Crippen LogP contribution in [0.5, 0.6) is 0 Å². The SMILES string of the molecule is CC(C)CN1CCCC2(C=CC=CC2)C1. The molecule has 1 nitrogen and oxygen atoms in total. The predicted molar refractivity (Wildman–Crippen MR) is 65.8 cm³/mol. The molecule has 84 valence electrons. The molecule has 0 amide bonds. The second kappa shape index (κ2) is 4.52. The van der Waals surface area contributed by atoms with Gasteiger partial charge in [0.1, 0.15) is 0 Å². The summed E-state index contributed by atoms with van der Waals surface area (Å²) < 4.78 is 0. The Labute approximate surface area is 93.9 Å². The van der Waals surface area contributed by atoms with E-state index >= 15 is 0 Å². The number of hydrogen-bond acceptors (Lipinski definition) is 1. The Bertz CT molecular complexity index is 265. The van der Waals surface area contributed by atoms with E-state index < -0.39 is 0 Å². The molecular formula is C14H23N. The summed E-state index contributed by atoms with van der Waals surface area (Å²) in [5.74, 6) is 0.795. The van der Waals surface area contributed by atoms with Gasteiger partial charge in [-0.25, -0.2) is 0 Å². The van der Waals surface area contributed by atoms with Crippen molar-refractivity contribution in [3.05, 3.63) is 24.3 Å². The van der Waals surface area contributed by atoms with Crippen LogP contribution in [0, 0.1) is 11.3 Å². The topological polar surface area (TPSA) is 3.24 Å². The van der Waals surface area contributed by atoms with E-state index in [1.165, 1.54) is 38.9 Å². The van der Waals surface area contributed by atoms with E-state index in [1.54, 1.807) is 0 Å². The Hall–Kier alpha value is -0.560. The Balaban J connectivity index is 1.97. The van der Waals surface area contributed by atoms with Crippen LogP contribution in [0.25, 0.3) is 0 Å². The zero-order valence-electron chi connectivity index (χ0n) is 10.1. The maximum absolute atomic E-state index is 2.65. The van der Waals surface area contributed by atoms with E-state index in [-0.39, 0.29) is 0 Å². The average Bonchev–Trinajstić information content (AvgIpc) is 2.17. The van der Waals surface area contributed by atoms with Crippen LogP contribution in [0.4, 0.5) is 0 Å². The van der Waals surface area contributed by atoms with Gasteiger partial charge in [-0.2, -0.15) is 0 Å². The number of piperidine rings is 1. The molecule has 2 aliphatic rings. The minimum absolute atomic E-state index is 0.474. The van der Waals surface area contributed by atoms with Gasteiger partial charge < -0.3 is 4.90 Å². The molecule has 1 heterocycles. The van der Waals surface area contributed by atoms with E-state index in [0.717, 1.165) is 5.92 Å². The van der Waals surface area contributed by atoms with Crippen molar-refractivity contribution in [1.82, 2.24) is 4.90 Å². The quantitative estimate of drug-likeness (QED) is 0.669. The molecule has 1 aliphatic carbocycles. The second-order valence-corrected chi connectivity index (χ2v) is 5.59. The van der Waals surface area contributed by atoms with Crippen molar-refractivity contribution in [1.29, 1.82) is 0 Å². The molecule has 1 saturated heterocycles. The fourth-order valence-corrected chi connectivity index (χ4v) is 2.94. The molecule has 1 aliphatic heterocycles. The monoisotopic (exact) mass is 205 g/mol. The lowest BCUT2D eigenvalue weighted by Crippen LogP contribution is -2.43. The molecule has 0 aromatic rings. The number of rotatable bonds is 2. The van der Waals surface area contributed by atoms with Gasteiger partial charge in [-0.1, -0.05) is 38.2 Å². The summed E-state index contributed by atoms with van der Waals surface area (Å²) in [4.78, 5) is 2.65. The highest BCUT2D eigenvalue weighted by Gasteiger charge is 2.32. The Morgan fingerprint density at radius 1 is 1.33 bits per heavy atom. The van der Waals surface area contributed by atoms with Crippen LogP contribution >= 0.6 is 0 Å². The molecule has 0 aromatic carbocycles. The van der Waals surface area contributed by atoms with Crippen molar-refractivity contribution >= 4 is 0 Å². The smallest absolute Gasteiger partial charge is 0.00759 e. The molecule has 0 N–H and O–H groups in total. The van der Waals surface area contributed by atoms with Gasteiger partial charge in [0.05, 0.1) is 0 Å². The molecule has 0 saturated carbocycles. The number of hydrogen-bond donors (Lipinski definition) is 0. The molecule has 0 radical (unpaired) electrons. The predicted octanol–water partition coefficient (Wildman–Crippen LogP) is 3.24. The first-order valence-corrected chi connectivity index (χ1v) is 6.27. The second-order valence-electron chi connectivity index (χ2n) is 5.59. The molecule has 0 bridgehead atoms. The first-order valence-electron chi connectivity index (χ1n) is 6.27. The van der Waals surface area contributed by atoms with Gasteiger partial charge in [-0.15, -0.1) is 0 Å². The summed E-state index contributed by atoms with van der Waals surface area (Å²) in [6, 6.07) is 0. The fraction of sp³-hybridized carbons (Fsp3) is 0.714. The zero-order valence-corrected chi connectivity index (χ0v) is 10.1. The Kier molecular flexibility index (Phi) is 3.30. The fourth-order valence-electron chi connectivity index (χ4n) is 2.94. The largest absolute Gasteiger partial charge is 0.302 e. The van der Waals surface area contributed by atoms with Gasteiger partial charge in [0, 0.05) is 18.5 Å².